The molecule has 1 nitrogen and oxygen atoms in total. The number of fused-ring (bicyclic) bond motifs is 1. The Balaban J connectivity index is 1.75. The first-order chi connectivity index (χ1) is 10.2. The summed E-state index contributed by atoms with van der Waals surface area (Å²) in [6.45, 7) is 5.85. The number of hydrogen-bond donors (Lipinski definition) is 1. The van der Waals surface area contributed by atoms with E-state index >= 15 is 0 Å². The molecule has 1 atom stereocenters. The zero-order chi connectivity index (χ0) is 14.7. The van der Waals surface area contributed by atoms with Gasteiger partial charge in [0, 0.05) is 6.04 Å². The standard InChI is InChI=1S/C20H27N/c1-15(2)12-16(14-21-19-10-11-19)13-18-8-5-7-17-6-3-4-9-20(17)18/h3-9,15-16,19,21H,10-14H2,1-2H3. The highest BCUT2D eigenvalue weighted by Crippen LogP contribution is 2.25. The topological polar surface area (TPSA) is 12.0 Å². The Bertz CT molecular complexity index is 578. The Labute approximate surface area is 128 Å². The predicted octanol–water partition coefficient (Wildman–Crippen LogP) is 4.80. The minimum Gasteiger partial charge on any atom is -0.314 e. The largest absolute Gasteiger partial charge is 0.314 e. The summed E-state index contributed by atoms with van der Waals surface area (Å²) in [5.41, 5.74) is 1.51. The lowest BCUT2D eigenvalue weighted by Crippen LogP contribution is -2.27. The van der Waals surface area contributed by atoms with Gasteiger partial charge < -0.3 is 5.32 Å². The average Bonchev–Trinajstić information content (AvgIpc) is 3.29. The summed E-state index contributed by atoms with van der Waals surface area (Å²) >= 11 is 0. The molecule has 1 heteroatoms. The van der Waals surface area contributed by atoms with Gasteiger partial charge in [0.1, 0.15) is 0 Å². The number of rotatable bonds is 7. The molecule has 1 aliphatic rings. The summed E-state index contributed by atoms with van der Waals surface area (Å²) in [6.07, 6.45) is 5.26. The van der Waals surface area contributed by atoms with Crippen LogP contribution in [0.4, 0.5) is 0 Å². The SMILES string of the molecule is CC(C)CC(CNC1CC1)Cc1cccc2ccccc12. The van der Waals surface area contributed by atoms with Crippen LogP contribution in [0.15, 0.2) is 42.5 Å². The van der Waals surface area contributed by atoms with E-state index in [1.54, 1.807) is 0 Å². The molecule has 0 bridgehead atoms. The van der Waals surface area contributed by atoms with Crippen molar-refractivity contribution in [1.82, 2.24) is 5.32 Å². The number of hydrogen-bond acceptors (Lipinski definition) is 1. The van der Waals surface area contributed by atoms with Gasteiger partial charge in [-0.15, -0.1) is 0 Å². The fourth-order valence-electron chi connectivity index (χ4n) is 3.31. The fourth-order valence-corrected chi connectivity index (χ4v) is 3.31. The fraction of sp³-hybridized carbons (Fsp3) is 0.500. The Morgan fingerprint density at radius 2 is 1.81 bits per heavy atom. The third-order valence-corrected chi connectivity index (χ3v) is 4.47. The van der Waals surface area contributed by atoms with E-state index in [4.69, 9.17) is 0 Å². The van der Waals surface area contributed by atoms with Crippen LogP contribution in [0.5, 0.6) is 0 Å². The molecule has 2 aromatic rings. The quantitative estimate of drug-likeness (QED) is 0.769. The third kappa shape index (κ3) is 4.07. The molecular weight excluding hydrogens is 254 g/mol. The first kappa shape index (κ1) is 14.6. The Hall–Kier alpha value is -1.34. The molecule has 0 amide bonds. The third-order valence-electron chi connectivity index (χ3n) is 4.47. The van der Waals surface area contributed by atoms with Crippen LogP contribution in [-0.4, -0.2) is 12.6 Å². The summed E-state index contributed by atoms with van der Waals surface area (Å²) in [7, 11) is 0. The summed E-state index contributed by atoms with van der Waals surface area (Å²) in [5.74, 6) is 1.52. The molecule has 112 valence electrons. The van der Waals surface area contributed by atoms with Gasteiger partial charge in [0.25, 0.3) is 0 Å². The second-order valence-electron chi connectivity index (χ2n) is 7.02. The van der Waals surface area contributed by atoms with Gasteiger partial charge in [0.15, 0.2) is 0 Å². The van der Waals surface area contributed by atoms with Crippen molar-refractivity contribution in [1.29, 1.82) is 0 Å². The zero-order valence-electron chi connectivity index (χ0n) is 13.3. The van der Waals surface area contributed by atoms with Crippen LogP contribution in [0, 0.1) is 11.8 Å². The highest BCUT2D eigenvalue weighted by atomic mass is 14.9. The van der Waals surface area contributed by atoms with Crippen molar-refractivity contribution in [3.8, 4) is 0 Å². The molecule has 1 unspecified atom stereocenters. The molecule has 1 fully saturated rings. The van der Waals surface area contributed by atoms with Crippen LogP contribution >= 0.6 is 0 Å². The Kier molecular flexibility index (Phi) is 4.60. The highest BCUT2D eigenvalue weighted by Gasteiger charge is 2.22. The second-order valence-corrected chi connectivity index (χ2v) is 7.02. The molecular formula is C20H27N. The van der Waals surface area contributed by atoms with E-state index in [9.17, 15) is 0 Å². The molecule has 0 heterocycles. The van der Waals surface area contributed by atoms with E-state index in [0.717, 1.165) is 17.9 Å². The van der Waals surface area contributed by atoms with E-state index in [1.165, 1.54) is 48.6 Å². The van der Waals surface area contributed by atoms with Crippen LogP contribution in [0.3, 0.4) is 0 Å². The van der Waals surface area contributed by atoms with E-state index < -0.39 is 0 Å². The molecule has 0 aromatic heterocycles. The van der Waals surface area contributed by atoms with Crippen molar-refractivity contribution in [2.45, 2.75) is 45.6 Å². The van der Waals surface area contributed by atoms with Crippen LogP contribution in [0.1, 0.15) is 38.7 Å². The number of benzene rings is 2. The van der Waals surface area contributed by atoms with Gasteiger partial charge >= 0.3 is 0 Å². The van der Waals surface area contributed by atoms with Gasteiger partial charge in [-0.3, -0.25) is 0 Å². The minimum atomic E-state index is 0.747. The molecule has 1 aliphatic carbocycles. The lowest BCUT2D eigenvalue weighted by molar-refractivity contribution is 0.385. The van der Waals surface area contributed by atoms with E-state index in [-0.39, 0.29) is 0 Å². The molecule has 21 heavy (non-hydrogen) atoms. The molecule has 0 radical (unpaired) electrons. The van der Waals surface area contributed by atoms with Crippen LogP contribution in [0.25, 0.3) is 10.8 Å². The maximum atomic E-state index is 3.73. The van der Waals surface area contributed by atoms with Gasteiger partial charge in [-0.25, -0.2) is 0 Å². The minimum absolute atomic E-state index is 0.747. The van der Waals surface area contributed by atoms with Gasteiger partial charge in [-0.05, 0) is 60.4 Å². The number of nitrogens with one attached hydrogen (secondary N) is 1. The molecule has 0 spiro atoms. The maximum Gasteiger partial charge on any atom is 0.00683 e. The molecule has 0 aliphatic heterocycles. The van der Waals surface area contributed by atoms with E-state index in [0.29, 0.717) is 0 Å². The van der Waals surface area contributed by atoms with Crippen molar-refractivity contribution >= 4 is 10.8 Å². The van der Waals surface area contributed by atoms with Crippen molar-refractivity contribution in [3.63, 3.8) is 0 Å². The van der Waals surface area contributed by atoms with Gasteiger partial charge in [-0.1, -0.05) is 56.3 Å². The van der Waals surface area contributed by atoms with Gasteiger partial charge in [-0.2, -0.15) is 0 Å². The van der Waals surface area contributed by atoms with E-state index in [1.807, 2.05) is 0 Å². The molecule has 2 aromatic carbocycles. The van der Waals surface area contributed by atoms with Crippen LogP contribution in [0.2, 0.25) is 0 Å². The van der Waals surface area contributed by atoms with Gasteiger partial charge in [0.2, 0.25) is 0 Å². The Morgan fingerprint density at radius 3 is 2.57 bits per heavy atom. The summed E-state index contributed by atoms with van der Waals surface area (Å²) < 4.78 is 0. The highest BCUT2D eigenvalue weighted by molar-refractivity contribution is 5.85. The van der Waals surface area contributed by atoms with Crippen molar-refractivity contribution in [2.24, 2.45) is 11.8 Å². The predicted molar refractivity (Wildman–Crippen MR) is 91.6 cm³/mol. The maximum absolute atomic E-state index is 3.73. The summed E-state index contributed by atoms with van der Waals surface area (Å²) in [5, 5.41) is 6.53. The van der Waals surface area contributed by atoms with Crippen LogP contribution in [-0.2, 0) is 6.42 Å². The lowest BCUT2D eigenvalue weighted by atomic mass is 9.89. The van der Waals surface area contributed by atoms with Crippen molar-refractivity contribution in [2.75, 3.05) is 6.54 Å². The van der Waals surface area contributed by atoms with Crippen molar-refractivity contribution < 1.29 is 0 Å². The normalized spacial score (nSPS) is 16.5. The van der Waals surface area contributed by atoms with Crippen LogP contribution < -0.4 is 5.32 Å². The second kappa shape index (κ2) is 6.62. The van der Waals surface area contributed by atoms with Crippen molar-refractivity contribution in [3.05, 3.63) is 48.0 Å². The molecule has 3 rings (SSSR count). The molecule has 0 saturated heterocycles. The smallest absolute Gasteiger partial charge is 0.00683 e. The molecule has 1 N–H and O–H groups in total. The monoisotopic (exact) mass is 281 g/mol. The summed E-state index contributed by atoms with van der Waals surface area (Å²) in [4.78, 5) is 0. The van der Waals surface area contributed by atoms with E-state index in [2.05, 4.69) is 61.6 Å². The Morgan fingerprint density at radius 1 is 1.05 bits per heavy atom. The lowest BCUT2D eigenvalue weighted by Gasteiger charge is -2.20. The molecule has 1 saturated carbocycles. The van der Waals surface area contributed by atoms with Gasteiger partial charge in [0.05, 0.1) is 0 Å². The zero-order valence-corrected chi connectivity index (χ0v) is 13.3. The first-order valence-corrected chi connectivity index (χ1v) is 8.42. The summed E-state index contributed by atoms with van der Waals surface area (Å²) in [6, 6.07) is 16.3. The first-order valence-electron chi connectivity index (χ1n) is 8.42. The average molecular weight is 281 g/mol.